The molecule has 0 radical (unpaired) electrons. The Balaban J connectivity index is 1.88. The molecule has 1 amide bonds. The number of hydrogen-bond acceptors (Lipinski definition) is 6. The van der Waals surface area contributed by atoms with Crippen molar-refractivity contribution in [2.75, 3.05) is 11.6 Å². The van der Waals surface area contributed by atoms with Crippen molar-refractivity contribution in [3.05, 3.63) is 35.7 Å². The minimum atomic E-state index is -3.28. The highest BCUT2D eigenvalue weighted by molar-refractivity contribution is 7.90. The van der Waals surface area contributed by atoms with E-state index in [-0.39, 0.29) is 10.8 Å². The number of fused-ring (bicyclic) bond motifs is 1. The molecule has 0 bridgehead atoms. The van der Waals surface area contributed by atoms with Gasteiger partial charge in [-0.2, -0.15) is 5.10 Å². The van der Waals surface area contributed by atoms with E-state index in [9.17, 15) is 13.2 Å². The van der Waals surface area contributed by atoms with E-state index in [1.807, 2.05) is 13.8 Å². The van der Waals surface area contributed by atoms with Gasteiger partial charge in [0.05, 0.1) is 15.1 Å². The maximum Gasteiger partial charge on any atom is 0.277 e. The van der Waals surface area contributed by atoms with Crippen LogP contribution in [0.25, 0.3) is 10.2 Å². The van der Waals surface area contributed by atoms with E-state index in [0.29, 0.717) is 27.6 Å². The summed E-state index contributed by atoms with van der Waals surface area (Å²) >= 11 is 1.23. The maximum absolute atomic E-state index is 12.3. The third kappa shape index (κ3) is 3.17. The predicted molar refractivity (Wildman–Crippen MR) is 93.3 cm³/mol. The molecule has 0 fully saturated rings. The van der Waals surface area contributed by atoms with E-state index in [1.165, 1.54) is 17.4 Å². The van der Waals surface area contributed by atoms with Crippen molar-refractivity contribution < 1.29 is 13.2 Å². The predicted octanol–water partition coefficient (Wildman–Crippen LogP) is 2.48. The summed E-state index contributed by atoms with van der Waals surface area (Å²) in [5.41, 5.74) is 1.87. The summed E-state index contributed by atoms with van der Waals surface area (Å²) in [5.74, 6) is -0.340. The fraction of sp³-hybridized carbons (Fsp3) is 0.267. The summed E-state index contributed by atoms with van der Waals surface area (Å²) in [6, 6.07) is 6.42. The van der Waals surface area contributed by atoms with Crippen LogP contribution in [0.4, 0.5) is 5.13 Å². The molecular weight excluding hydrogens is 348 g/mol. The molecular formula is C15H16N4O3S2. The smallest absolute Gasteiger partial charge is 0.277 e. The van der Waals surface area contributed by atoms with Crippen molar-refractivity contribution in [2.24, 2.45) is 0 Å². The first kappa shape index (κ1) is 16.6. The van der Waals surface area contributed by atoms with Crippen LogP contribution in [0.2, 0.25) is 0 Å². The summed E-state index contributed by atoms with van der Waals surface area (Å²) in [7, 11) is -3.28. The maximum atomic E-state index is 12.3. The standard InChI is InChI=1S/C15H16N4O3S2/c1-4-19-9(2)7-12(18-19)14(20)17-15-16-11-6-5-10(24(3,21)22)8-13(11)23-15/h5-8H,4H2,1-3H3,(H,16,17,20). The molecule has 9 heteroatoms. The molecule has 126 valence electrons. The second kappa shape index (κ2) is 5.99. The highest BCUT2D eigenvalue weighted by Crippen LogP contribution is 2.28. The molecule has 0 atom stereocenters. The zero-order chi connectivity index (χ0) is 17.5. The molecule has 0 unspecified atom stereocenters. The largest absolute Gasteiger partial charge is 0.296 e. The SMILES string of the molecule is CCn1nc(C(=O)Nc2nc3ccc(S(C)(=O)=O)cc3s2)cc1C. The number of anilines is 1. The second-order valence-electron chi connectivity index (χ2n) is 5.36. The van der Waals surface area contributed by atoms with Crippen LogP contribution >= 0.6 is 11.3 Å². The van der Waals surface area contributed by atoms with E-state index in [0.717, 1.165) is 11.9 Å². The van der Waals surface area contributed by atoms with Crippen LogP contribution in [-0.4, -0.2) is 35.3 Å². The minimum Gasteiger partial charge on any atom is -0.296 e. The van der Waals surface area contributed by atoms with Crippen molar-refractivity contribution in [3.63, 3.8) is 0 Å². The van der Waals surface area contributed by atoms with Gasteiger partial charge in [0, 0.05) is 18.5 Å². The monoisotopic (exact) mass is 364 g/mol. The Morgan fingerprint density at radius 2 is 2.08 bits per heavy atom. The second-order valence-corrected chi connectivity index (χ2v) is 8.41. The van der Waals surface area contributed by atoms with Gasteiger partial charge < -0.3 is 0 Å². The van der Waals surface area contributed by atoms with Gasteiger partial charge in [-0.05, 0) is 38.1 Å². The van der Waals surface area contributed by atoms with Gasteiger partial charge in [-0.3, -0.25) is 14.8 Å². The topological polar surface area (TPSA) is 93.9 Å². The van der Waals surface area contributed by atoms with Crippen LogP contribution in [-0.2, 0) is 16.4 Å². The van der Waals surface area contributed by atoms with E-state index >= 15 is 0 Å². The molecule has 7 nitrogen and oxygen atoms in total. The Hall–Kier alpha value is -2.26. The van der Waals surface area contributed by atoms with Gasteiger partial charge in [-0.15, -0.1) is 0 Å². The van der Waals surface area contributed by atoms with Gasteiger partial charge in [0.15, 0.2) is 20.7 Å². The van der Waals surface area contributed by atoms with Gasteiger partial charge in [0.2, 0.25) is 0 Å². The van der Waals surface area contributed by atoms with Gasteiger partial charge >= 0.3 is 0 Å². The number of aromatic nitrogens is 3. The minimum absolute atomic E-state index is 0.230. The fourth-order valence-electron chi connectivity index (χ4n) is 2.29. The molecule has 0 aliphatic heterocycles. The molecule has 0 aliphatic rings. The fourth-order valence-corrected chi connectivity index (χ4v) is 3.91. The Labute approximate surface area is 143 Å². The lowest BCUT2D eigenvalue weighted by Crippen LogP contribution is -2.13. The lowest BCUT2D eigenvalue weighted by atomic mass is 10.3. The quantitative estimate of drug-likeness (QED) is 0.767. The van der Waals surface area contributed by atoms with Gasteiger partial charge in [-0.25, -0.2) is 13.4 Å². The molecule has 1 N–H and O–H groups in total. The Morgan fingerprint density at radius 3 is 2.71 bits per heavy atom. The zero-order valence-corrected chi connectivity index (χ0v) is 15.0. The van der Waals surface area contributed by atoms with Gasteiger partial charge in [0.1, 0.15) is 0 Å². The molecule has 3 rings (SSSR count). The van der Waals surface area contributed by atoms with Crippen molar-refractivity contribution in [1.82, 2.24) is 14.8 Å². The lowest BCUT2D eigenvalue weighted by molar-refractivity contribution is 0.102. The first-order valence-electron chi connectivity index (χ1n) is 7.24. The van der Waals surface area contributed by atoms with Crippen LogP contribution in [0, 0.1) is 6.92 Å². The molecule has 0 aliphatic carbocycles. The molecule has 0 saturated carbocycles. The number of carbonyl (C=O) groups is 1. The number of sulfone groups is 1. The first-order valence-corrected chi connectivity index (χ1v) is 9.95. The number of amides is 1. The van der Waals surface area contributed by atoms with Crippen molar-refractivity contribution in [3.8, 4) is 0 Å². The van der Waals surface area contributed by atoms with E-state index in [4.69, 9.17) is 0 Å². The molecule has 3 aromatic rings. The number of nitrogens with one attached hydrogen (secondary N) is 1. The Kier molecular flexibility index (Phi) is 4.14. The Bertz CT molecular complexity index is 1030. The van der Waals surface area contributed by atoms with Crippen LogP contribution in [0.3, 0.4) is 0 Å². The van der Waals surface area contributed by atoms with E-state index < -0.39 is 9.84 Å². The summed E-state index contributed by atoms with van der Waals surface area (Å²) in [6.45, 7) is 4.53. The lowest BCUT2D eigenvalue weighted by Gasteiger charge is -1.98. The first-order chi connectivity index (χ1) is 11.3. The molecule has 0 saturated heterocycles. The average Bonchev–Trinajstić information content (AvgIpc) is 3.07. The average molecular weight is 364 g/mol. The summed E-state index contributed by atoms with van der Waals surface area (Å²) < 4.78 is 25.7. The van der Waals surface area contributed by atoms with Crippen LogP contribution in [0.15, 0.2) is 29.2 Å². The van der Waals surface area contributed by atoms with Crippen LogP contribution < -0.4 is 5.32 Å². The highest BCUT2D eigenvalue weighted by Gasteiger charge is 2.15. The van der Waals surface area contributed by atoms with Crippen LogP contribution in [0.5, 0.6) is 0 Å². The van der Waals surface area contributed by atoms with Crippen molar-refractivity contribution in [1.29, 1.82) is 0 Å². The number of aryl methyl sites for hydroxylation is 2. The van der Waals surface area contributed by atoms with Crippen molar-refractivity contribution >= 4 is 42.4 Å². The normalized spacial score (nSPS) is 11.8. The highest BCUT2D eigenvalue weighted by atomic mass is 32.2. The third-order valence-electron chi connectivity index (χ3n) is 3.52. The molecule has 2 aromatic heterocycles. The molecule has 1 aromatic carbocycles. The third-order valence-corrected chi connectivity index (χ3v) is 5.57. The summed E-state index contributed by atoms with van der Waals surface area (Å²) in [6.07, 6.45) is 1.16. The van der Waals surface area contributed by atoms with E-state index in [2.05, 4.69) is 15.4 Å². The molecule has 0 spiro atoms. The Morgan fingerprint density at radius 1 is 1.33 bits per heavy atom. The number of nitrogens with zero attached hydrogens (tertiary/aromatic N) is 3. The van der Waals surface area contributed by atoms with Gasteiger partial charge in [0.25, 0.3) is 5.91 Å². The number of hydrogen-bond donors (Lipinski definition) is 1. The molecule has 2 heterocycles. The number of carbonyl (C=O) groups excluding carboxylic acids is 1. The van der Waals surface area contributed by atoms with Crippen LogP contribution in [0.1, 0.15) is 23.1 Å². The number of rotatable bonds is 4. The number of benzene rings is 1. The summed E-state index contributed by atoms with van der Waals surface area (Å²) in [4.78, 5) is 16.8. The van der Waals surface area contributed by atoms with Crippen molar-refractivity contribution in [2.45, 2.75) is 25.3 Å². The van der Waals surface area contributed by atoms with Gasteiger partial charge in [-0.1, -0.05) is 11.3 Å². The van der Waals surface area contributed by atoms with E-state index in [1.54, 1.807) is 22.9 Å². The molecule has 24 heavy (non-hydrogen) atoms. The summed E-state index contributed by atoms with van der Waals surface area (Å²) in [5, 5.41) is 7.35. The zero-order valence-electron chi connectivity index (χ0n) is 13.4. The number of thiazole rings is 1.